The highest BCUT2D eigenvalue weighted by Gasteiger charge is 2.23. The summed E-state index contributed by atoms with van der Waals surface area (Å²) in [5, 5.41) is 11.1. The highest BCUT2D eigenvalue weighted by molar-refractivity contribution is 5.75. The molecule has 3 atom stereocenters. The Kier molecular flexibility index (Phi) is 5.11. The molecule has 1 aliphatic rings. The summed E-state index contributed by atoms with van der Waals surface area (Å²) in [5.74, 6) is 0.567. The SMILES string of the molecule is CCC(N)c1cn(CC(=O)NC2CCCCC2C)nn1. The summed E-state index contributed by atoms with van der Waals surface area (Å²) in [5.41, 5.74) is 6.63. The Morgan fingerprint density at radius 1 is 1.55 bits per heavy atom. The fraction of sp³-hybridized carbons (Fsp3) is 0.786. The van der Waals surface area contributed by atoms with Crippen molar-refractivity contribution in [3.8, 4) is 0 Å². The molecule has 6 nitrogen and oxygen atoms in total. The Morgan fingerprint density at radius 2 is 2.30 bits per heavy atom. The molecule has 3 N–H and O–H groups in total. The van der Waals surface area contributed by atoms with Crippen molar-refractivity contribution in [3.05, 3.63) is 11.9 Å². The minimum absolute atomic E-state index is 0.00488. The predicted molar refractivity (Wildman–Crippen MR) is 76.8 cm³/mol. The summed E-state index contributed by atoms with van der Waals surface area (Å²) in [6, 6.07) is 0.197. The summed E-state index contributed by atoms with van der Waals surface area (Å²) in [6.45, 7) is 4.42. The molecule has 1 aliphatic carbocycles. The van der Waals surface area contributed by atoms with Crippen LogP contribution in [0.25, 0.3) is 0 Å². The lowest BCUT2D eigenvalue weighted by atomic mass is 9.86. The third kappa shape index (κ3) is 3.79. The van der Waals surface area contributed by atoms with Crippen molar-refractivity contribution in [1.82, 2.24) is 20.3 Å². The first kappa shape index (κ1) is 15.0. The van der Waals surface area contributed by atoms with Gasteiger partial charge in [0.1, 0.15) is 6.54 Å². The number of nitrogens with two attached hydrogens (primary N) is 1. The second kappa shape index (κ2) is 6.83. The Balaban J connectivity index is 1.86. The van der Waals surface area contributed by atoms with Crippen LogP contribution in [0.2, 0.25) is 0 Å². The summed E-state index contributed by atoms with van der Waals surface area (Å²) in [7, 11) is 0. The van der Waals surface area contributed by atoms with Gasteiger partial charge in [0.2, 0.25) is 5.91 Å². The van der Waals surface area contributed by atoms with Gasteiger partial charge in [-0.25, -0.2) is 4.68 Å². The monoisotopic (exact) mass is 279 g/mol. The van der Waals surface area contributed by atoms with Crippen LogP contribution in [0.15, 0.2) is 6.20 Å². The Morgan fingerprint density at radius 3 is 3.00 bits per heavy atom. The van der Waals surface area contributed by atoms with Gasteiger partial charge in [-0.15, -0.1) is 5.10 Å². The van der Waals surface area contributed by atoms with Crippen molar-refractivity contribution in [2.24, 2.45) is 11.7 Å². The van der Waals surface area contributed by atoms with Gasteiger partial charge in [-0.05, 0) is 25.2 Å². The molecule has 0 aromatic carbocycles. The van der Waals surface area contributed by atoms with Crippen LogP contribution in [-0.2, 0) is 11.3 Å². The van der Waals surface area contributed by atoms with Crippen LogP contribution in [0.4, 0.5) is 0 Å². The largest absolute Gasteiger partial charge is 0.351 e. The minimum Gasteiger partial charge on any atom is -0.351 e. The third-order valence-corrected chi connectivity index (χ3v) is 4.14. The maximum Gasteiger partial charge on any atom is 0.242 e. The fourth-order valence-electron chi connectivity index (χ4n) is 2.70. The summed E-state index contributed by atoms with van der Waals surface area (Å²) >= 11 is 0. The van der Waals surface area contributed by atoms with E-state index in [-0.39, 0.29) is 18.5 Å². The molecule has 3 unspecified atom stereocenters. The van der Waals surface area contributed by atoms with Crippen molar-refractivity contribution >= 4 is 5.91 Å². The van der Waals surface area contributed by atoms with Crippen molar-refractivity contribution in [3.63, 3.8) is 0 Å². The van der Waals surface area contributed by atoms with Crippen molar-refractivity contribution in [2.45, 2.75) is 64.6 Å². The van der Waals surface area contributed by atoms with E-state index in [1.54, 1.807) is 10.9 Å². The van der Waals surface area contributed by atoms with Gasteiger partial charge in [0.05, 0.1) is 17.9 Å². The number of carbonyl (C=O) groups is 1. The number of hydrogen-bond acceptors (Lipinski definition) is 4. The lowest BCUT2D eigenvalue weighted by molar-refractivity contribution is -0.123. The van der Waals surface area contributed by atoms with E-state index in [1.165, 1.54) is 19.3 Å². The maximum atomic E-state index is 12.0. The molecule has 1 aromatic rings. The Labute approximate surface area is 120 Å². The Hall–Kier alpha value is -1.43. The van der Waals surface area contributed by atoms with Crippen LogP contribution in [0.5, 0.6) is 0 Å². The number of aromatic nitrogens is 3. The quantitative estimate of drug-likeness (QED) is 0.852. The van der Waals surface area contributed by atoms with Crippen molar-refractivity contribution in [2.75, 3.05) is 0 Å². The van der Waals surface area contributed by atoms with E-state index in [4.69, 9.17) is 5.73 Å². The van der Waals surface area contributed by atoms with Crippen LogP contribution in [0.1, 0.15) is 57.7 Å². The van der Waals surface area contributed by atoms with E-state index in [0.717, 1.165) is 18.5 Å². The Bertz CT molecular complexity index is 445. The van der Waals surface area contributed by atoms with Gasteiger partial charge >= 0.3 is 0 Å². The topological polar surface area (TPSA) is 85.8 Å². The number of hydrogen-bond donors (Lipinski definition) is 2. The van der Waals surface area contributed by atoms with Crippen LogP contribution >= 0.6 is 0 Å². The van der Waals surface area contributed by atoms with Crippen LogP contribution in [-0.4, -0.2) is 26.9 Å². The molecule has 0 spiro atoms. The second-order valence-corrected chi connectivity index (χ2v) is 5.79. The zero-order chi connectivity index (χ0) is 14.5. The molecule has 0 bridgehead atoms. The molecule has 1 fully saturated rings. The summed E-state index contributed by atoms with van der Waals surface area (Å²) in [4.78, 5) is 12.0. The molecule has 6 heteroatoms. The smallest absolute Gasteiger partial charge is 0.242 e. The molecule has 1 amide bonds. The summed E-state index contributed by atoms with van der Waals surface area (Å²) < 4.78 is 1.56. The zero-order valence-electron chi connectivity index (χ0n) is 12.4. The lowest BCUT2D eigenvalue weighted by Crippen LogP contribution is -2.42. The van der Waals surface area contributed by atoms with Gasteiger partial charge in [0, 0.05) is 6.04 Å². The number of nitrogens with one attached hydrogen (secondary N) is 1. The average Bonchev–Trinajstić information content (AvgIpc) is 2.89. The number of nitrogens with zero attached hydrogens (tertiary/aromatic N) is 3. The maximum absolute atomic E-state index is 12.0. The van der Waals surface area contributed by atoms with Gasteiger partial charge < -0.3 is 11.1 Å². The minimum atomic E-state index is -0.106. The zero-order valence-corrected chi connectivity index (χ0v) is 12.4. The average molecular weight is 279 g/mol. The molecule has 0 aliphatic heterocycles. The highest BCUT2D eigenvalue weighted by atomic mass is 16.2. The van der Waals surface area contributed by atoms with Gasteiger partial charge in [0.15, 0.2) is 0 Å². The summed E-state index contributed by atoms with van der Waals surface area (Å²) in [6.07, 6.45) is 7.32. The van der Waals surface area contributed by atoms with Gasteiger partial charge in [-0.2, -0.15) is 0 Å². The molecule has 20 heavy (non-hydrogen) atoms. The van der Waals surface area contributed by atoms with Gasteiger partial charge in [0.25, 0.3) is 0 Å². The standard InChI is InChI=1S/C14H25N5O/c1-3-11(15)13-8-19(18-17-13)9-14(20)16-12-7-5-4-6-10(12)2/h8,10-12H,3-7,9,15H2,1-2H3,(H,16,20). The van der Waals surface area contributed by atoms with E-state index in [0.29, 0.717) is 12.0 Å². The molecule has 0 saturated heterocycles. The molecule has 0 radical (unpaired) electrons. The first-order valence-electron chi connectivity index (χ1n) is 7.55. The molecular weight excluding hydrogens is 254 g/mol. The molecular formula is C14H25N5O. The fourth-order valence-corrected chi connectivity index (χ4v) is 2.70. The van der Waals surface area contributed by atoms with E-state index in [2.05, 4.69) is 22.6 Å². The third-order valence-electron chi connectivity index (χ3n) is 4.14. The van der Waals surface area contributed by atoms with Crippen molar-refractivity contribution < 1.29 is 4.79 Å². The molecule has 1 aromatic heterocycles. The van der Waals surface area contributed by atoms with Crippen LogP contribution < -0.4 is 11.1 Å². The highest BCUT2D eigenvalue weighted by Crippen LogP contribution is 2.23. The first-order valence-corrected chi connectivity index (χ1v) is 7.55. The van der Waals surface area contributed by atoms with E-state index in [1.807, 2.05) is 6.92 Å². The number of rotatable bonds is 5. The van der Waals surface area contributed by atoms with Gasteiger partial charge in [-0.3, -0.25) is 4.79 Å². The lowest BCUT2D eigenvalue weighted by Gasteiger charge is -2.29. The molecule has 2 rings (SSSR count). The van der Waals surface area contributed by atoms with E-state index in [9.17, 15) is 4.79 Å². The number of amides is 1. The number of carbonyl (C=O) groups excluding carboxylic acids is 1. The van der Waals surface area contributed by atoms with E-state index < -0.39 is 0 Å². The van der Waals surface area contributed by atoms with Crippen molar-refractivity contribution in [1.29, 1.82) is 0 Å². The van der Waals surface area contributed by atoms with Crippen LogP contribution in [0.3, 0.4) is 0 Å². The molecule has 1 saturated carbocycles. The van der Waals surface area contributed by atoms with Gasteiger partial charge in [-0.1, -0.05) is 31.9 Å². The first-order chi connectivity index (χ1) is 9.60. The normalized spacial score (nSPS) is 24.4. The van der Waals surface area contributed by atoms with E-state index >= 15 is 0 Å². The second-order valence-electron chi connectivity index (χ2n) is 5.79. The molecule has 112 valence electrons. The molecule has 1 heterocycles. The predicted octanol–water partition coefficient (Wildman–Crippen LogP) is 1.38. The van der Waals surface area contributed by atoms with Crippen LogP contribution in [0, 0.1) is 5.92 Å².